The maximum atomic E-state index is 11.5. The molecule has 1 aliphatic rings. The topological polar surface area (TPSA) is 65.0 Å². The van der Waals surface area contributed by atoms with Crippen LogP contribution in [0.1, 0.15) is 37.1 Å². The minimum atomic E-state index is -0.249. The quantitative estimate of drug-likeness (QED) is 0.371. The van der Waals surface area contributed by atoms with Crippen LogP contribution in [0.25, 0.3) is 20.4 Å². The van der Waals surface area contributed by atoms with Gasteiger partial charge < -0.3 is 4.74 Å². The molecular formula is C19H21N3O2S2. The molecule has 0 amide bonds. The van der Waals surface area contributed by atoms with Crippen LogP contribution in [0.3, 0.4) is 0 Å². The van der Waals surface area contributed by atoms with Crippen LogP contribution in [0, 0.1) is 5.92 Å². The van der Waals surface area contributed by atoms with Gasteiger partial charge in [0, 0.05) is 11.1 Å². The van der Waals surface area contributed by atoms with E-state index < -0.39 is 0 Å². The predicted octanol–water partition coefficient (Wildman–Crippen LogP) is 4.19. The fourth-order valence-corrected chi connectivity index (χ4v) is 5.69. The molecule has 4 rings (SSSR count). The summed E-state index contributed by atoms with van der Waals surface area (Å²) in [5.41, 5.74) is 5.10. The Bertz CT molecular complexity index is 998. The molecule has 0 bridgehead atoms. The summed E-state index contributed by atoms with van der Waals surface area (Å²) in [6.45, 7) is 4.48. The largest absolute Gasteiger partial charge is 0.468 e. The van der Waals surface area contributed by atoms with Crippen LogP contribution >= 0.6 is 23.1 Å². The van der Waals surface area contributed by atoms with E-state index in [2.05, 4.69) is 23.8 Å². The van der Waals surface area contributed by atoms with Gasteiger partial charge in [0.15, 0.2) is 0 Å². The van der Waals surface area contributed by atoms with Gasteiger partial charge in [0.05, 0.1) is 23.1 Å². The van der Waals surface area contributed by atoms with E-state index in [1.54, 1.807) is 17.7 Å². The molecule has 3 aromatic heterocycles. The van der Waals surface area contributed by atoms with Crippen molar-refractivity contribution in [3.05, 3.63) is 23.1 Å². The first-order valence-electron chi connectivity index (χ1n) is 8.86. The van der Waals surface area contributed by atoms with Gasteiger partial charge in [-0.1, -0.05) is 25.6 Å². The molecule has 3 aromatic rings. The highest BCUT2D eigenvalue weighted by Crippen LogP contribution is 2.42. The molecule has 0 radical (unpaired) electrons. The van der Waals surface area contributed by atoms with Crippen molar-refractivity contribution in [2.45, 2.75) is 44.6 Å². The minimum absolute atomic E-state index is 0.249. The zero-order chi connectivity index (χ0) is 18.3. The van der Waals surface area contributed by atoms with Gasteiger partial charge in [0.1, 0.15) is 16.2 Å². The first-order valence-corrected chi connectivity index (χ1v) is 10.7. The highest BCUT2D eigenvalue weighted by Gasteiger charge is 2.24. The molecule has 0 saturated heterocycles. The van der Waals surface area contributed by atoms with Crippen LogP contribution in [0.2, 0.25) is 0 Å². The zero-order valence-corrected chi connectivity index (χ0v) is 16.8. The number of ether oxygens (including phenoxy) is 1. The third kappa shape index (κ3) is 3.07. The number of hydrogen-bond donors (Lipinski definition) is 0. The standard InChI is InChI=1S/C19H21N3O2S2/c1-10(2)7-13-11-5-4-6-12(11)15-16-17(26-18(15)22-13)19(21-9-20-16)25-8-14(23)24-3/h9-10H,4-8H2,1-3H3. The molecule has 26 heavy (non-hydrogen) atoms. The van der Waals surface area contributed by atoms with E-state index in [-0.39, 0.29) is 11.7 Å². The van der Waals surface area contributed by atoms with Gasteiger partial charge in [-0.25, -0.2) is 15.0 Å². The number of methoxy groups -OCH3 is 1. The lowest BCUT2D eigenvalue weighted by Gasteiger charge is -2.11. The Kier molecular flexibility index (Phi) is 4.84. The van der Waals surface area contributed by atoms with E-state index >= 15 is 0 Å². The fraction of sp³-hybridized carbons (Fsp3) is 0.474. The Hall–Kier alpha value is -1.73. The molecule has 3 heterocycles. The van der Waals surface area contributed by atoms with Crippen molar-refractivity contribution < 1.29 is 9.53 Å². The van der Waals surface area contributed by atoms with Gasteiger partial charge in [-0.15, -0.1) is 11.3 Å². The first-order chi connectivity index (χ1) is 12.6. The average Bonchev–Trinajstić information content (AvgIpc) is 3.23. The fourth-order valence-electron chi connectivity index (χ4n) is 3.60. The lowest BCUT2D eigenvalue weighted by Crippen LogP contribution is -2.03. The van der Waals surface area contributed by atoms with Gasteiger partial charge in [-0.2, -0.15) is 0 Å². The summed E-state index contributed by atoms with van der Waals surface area (Å²) in [5, 5.41) is 2.04. The smallest absolute Gasteiger partial charge is 0.316 e. The third-order valence-corrected chi connectivity index (χ3v) is 6.85. The Morgan fingerprint density at radius 3 is 2.88 bits per heavy atom. The number of hydrogen-bond acceptors (Lipinski definition) is 7. The Labute approximate surface area is 160 Å². The zero-order valence-electron chi connectivity index (χ0n) is 15.2. The number of carbonyl (C=O) groups is 1. The monoisotopic (exact) mass is 387 g/mol. The maximum Gasteiger partial charge on any atom is 0.316 e. The molecule has 0 atom stereocenters. The highest BCUT2D eigenvalue weighted by molar-refractivity contribution is 8.00. The van der Waals surface area contributed by atoms with E-state index in [4.69, 9.17) is 9.72 Å². The summed E-state index contributed by atoms with van der Waals surface area (Å²) < 4.78 is 5.77. The van der Waals surface area contributed by atoms with Gasteiger partial charge in [0.2, 0.25) is 0 Å². The Morgan fingerprint density at radius 1 is 1.31 bits per heavy atom. The number of carbonyl (C=O) groups excluding carboxylic acids is 1. The number of rotatable bonds is 5. The first kappa shape index (κ1) is 17.7. The number of fused-ring (bicyclic) bond motifs is 5. The van der Waals surface area contributed by atoms with E-state index in [9.17, 15) is 4.79 Å². The van der Waals surface area contributed by atoms with Crippen molar-refractivity contribution >= 4 is 49.5 Å². The second kappa shape index (κ2) is 7.12. The second-order valence-electron chi connectivity index (χ2n) is 6.97. The second-order valence-corrected chi connectivity index (χ2v) is 8.93. The number of esters is 1. The molecule has 0 N–H and O–H groups in total. The van der Waals surface area contributed by atoms with Crippen molar-refractivity contribution in [1.29, 1.82) is 0 Å². The third-order valence-electron chi connectivity index (χ3n) is 4.68. The van der Waals surface area contributed by atoms with E-state index in [0.717, 1.165) is 39.3 Å². The van der Waals surface area contributed by atoms with E-state index in [0.29, 0.717) is 5.92 Å². The number of aryl methyl sites for hydroxylation is 1. The summed E-state index contributed by atoms with van der Waals surface area (Å²) in [6.07, 6.45) is 6.01. The van der Waals surface area contributed by atoms with Gasteiger partial charge >= 0.3 is 5.97 Å². The summed E-state index contributed by atoms with van der Waals surface area (Å²) in [7, 11) is 1.40. The highest BCUT2D eigenvalue weighted by atomic mass is 32.2. The van der Waals surface area contributed by atoms with E-state index in [1.165, 1.54) is 47.5 Å². The van der Waals surface area contributed by atoms with Crippen molar-refractivity contribution in [3.8, 4) is 0 Å². The van der Waals surface area contributed by atoms with Crippen molar-refractivity contribution in [1.82, 2.24) is 15.0 Å². The van der Waals surface area contributed by atoms with Gasteiger partial charge in [-0.3, -0.25) is 4.79 Å². The Balaban J connectivity index is 1.87. The minimum Gasteiger partial charge on any atom is -0.468 e. The SMILES string of the molecule is COC(=O)CSc1ncnc2c1sc1nc(CC(C)C)c3c(c12)CCC3. The Morgan fingerprint density at radius 2 is 2.12 bits per heavy atom. The number of thioether (sulfide) groups is 1. The number of nitrogens with zero attached hydrogens (tertiary/aromatic N) is 3. The molecule has 1 aliphatic carbocycles. The lowest BCUT2D eigenvalue weighted by molar-refractivity contribution is -0.137. The summed E-state index contributed by atoms with van der Waals surface area (Å²) in [6, 6.07) is 0. The number of thiophene rings is 1. The molecule has 136 valence electrons. The summed E-state index contributed by atoms with van der Waals surface area (Å²) in [4.78, 5) is 26.6. The predicted molar refractivity (Wildman–Crippen MR) is 106 cm³/mol. The van der Waals surface area contributed by atoms with Crippen molar-refractivity contribution in [3.63, 3.8) is 0 Å². The van der Waals surface area contributed by atoms with Crippen LogP contribution in [0.15, 0.2) is 11.4 Å². The molecule has 0 fully saturated rings. The molecule has 0 saturated carbocycles. The molecule has 0 unspecified atom stereocenters. The number of aromatic nitrogens is 3. The van der Waals surface area contributed by atoms with Crippen LogP contribution in [-0.2, 0) is 28.8 Å². The molecule has 0 aliphatic heterocycles. The van der Waals surface area contributed by atoms with Gasteiger partial charge in [0.25, 0.3) is 0 Å². The molecule has 0 aromatic carbocycles. The maximum absolute atomic E-state index is 11.5. The average molecular weight is 388 g/mol. The van der Waals surface area contributed by atoms with Crippen LogP contribution in [0.4, 0.5) is 0 Å². The molecule has 0 spiro atoms. The summed E-state index contributed by atoms with van der Waals surface area (Å²) in [5.74, 6) is 0.590. The van der Waals surface area contributed by atoms with Gasteiger partial charge in [-0.05, 0) is 42.7 Å². The molecule has 5 nitrogen and oxygen atoms in total. The van der Waals surface area contributed by atoms with Crippen molar-refractivity contribution in [2.24, 2.45) is 5.92 Å². The normalized spacial score (nSPS) is 13.7. The molecular weight excluding hydrogens is 366 g/mol. The van der Waals surface area contributed by atoms with E-state index in [1.807, 2.05) is 0 Å². The van der Waals surface area contributed by atoms with Crippen LogP contribution < -0.4 is 0 Å². The summed E-state index contributed by atoms with van der Waals surface area (Å²) >= 11 is 3.05. The lowest BCUT2D eigenvalue weighted by atomic mass is 9.99. The molecule has 7 heteroatoms. The van der Waals surface area contributed by atoms with Crippen LogP contribution in [-0.4, -0.2) is 33.8 Å². The number of pyridine rings is 1. The van der Waals surface area contributed by atoms with Crippen molar-refractivity contribution in [2.75, 3.05) is 12.9 Å². The van der Waals surface area contributed by atoms with Crippen LogP contribution in [0.5, 0.6) is 0 Å².